The highest BCUT2D eigenvalue weighted by molar-refractivity contribution is 9.10. The van der Waals surface area contributed by atoms with Crippen molar-refractivity contribution in [3.8, 4) is 5.75 Å². The van der Waals surface area contributed by atoms with Crippen molar-refractivity contribution >= 4 is 27.8 Å². The van der Waals surface area contributed by atoms with Gasteiger partial charge in [-0.1, -0.05) is 50.9 Å². The van der Waals surface area contributed by atoms with E-state index < -0.39 is 12.0 Å². The number of carbonyl (C=O) groups is 1. The standard InChI is InChI=1S/C21H20BrN5O3/c1-12-4-6-14(7-5-12)11-30-17-9-8-15(22)10-16(17)19-18(20(28)29-3)13(2)23-21-24-25-26-27(19)21/h4-10,19H,11H2,1-3H3,(H,23,24,26). The molecule has 0 amide bonds. The Morgan fingerprint density at radius 1 is 1.20 bits per heavy atom. The first-order valence-electron chi connectivity index (χ1n) is 9.29. The molecule has 1 N–H and O–H groups in total. The summed E-state index contributed by atoms with van der Waals surface area (Å²) >= 11 is 3.52. The van der Waals surface area contributed by atoms with Crippen LogP contribution in [0.3, 0.4) is 0 Å². The summed E-state index contributed by atoms with van der Waals surface area (Å²) in [5.74, 6) is 0.603. The third kappa shape index (κ3) is 3.80. The minimum absolute atomic E-state index is 0.388. The molecule has 2 aromatic carbocycles. The summed E-state index contributed by atoms with van der Waals surface area (Å²) in [6.07, 6.45) is 0. The second-order valence-corrected chi connectivity index (χ2v) is 7.88. The highest BCUT2D eigenvalue weighted by atomic mass is 79.9. The number of hydrogen-bond donors (Lipinski definition) is 1. The van der Waals surface area contributed by atoms with E-state index in [0.29, 0.717) is 29.6 Å². The van der Waals surface area contributed by atoms with E-state index in [0.717, 1.165) is 15.6 Å². The van der Waals surface area contributed by atoms with Crippen molar-refractivity contribution in [1.29, 1.82) is 0 Å². The van der Waals surface area contributed by atoms with Gasteiger partial charge in [0.05, 0.1) is 12.7 Å². The van der Waals surface area contributed by atoms with Crippen LogP contribution in [0.4, 0.5) is 5.95 Å². The number of anilines is 1. The molecule has 2 heterocycles. The summed E-state index contributed by atoms with van der Waals surface area (Å²) < 4.78 is 13.6. The maximum absolute atomic E-state index is 12.6. The Bertz CT molecular complexity index is 1120. The molecule has 0 bridgehead atoms. The number of benzene rings is 2. The molecule has 8 nitrogen and oxygen atoms in total. The number of nitrogens with zero attached hydrogens (tertiary/aromatic N) is 4. The number of carbonyl (C=O) groups excluding carboxylic acids is 1. The lowest BCUT2D eigenvalue weighted by molar-refractivity contribution is -0.136. The molecule has 0 spiro atoms. The second-order valence-electron chi connectivity index (χ2n) is 6.96. The average molecular weight is 470 g/mol. The van der Waals surface area contributed by atoms with Crippen molar-refractivity contribution in [3.63, 3.8) is 0 Å². The van der Waals surface area contributed by atoms with Crippen molar-refractivity contribution in [2.45, 2.75) is 26.5 Å². The van der Waals surface area contributed by atoms with Gasteiger partial charge in [-0.05, 0) is 48.0 Å². The molecule has 154 valence electrons. The second kappa shape index (κ2) is 8.27. The van der Waals surface area contributed by atoms with Crippen molar-refractivity contribution in [3.05, 3.63) is 74.9 Å². The van der Waals surface area contributed by atoms with E-state index in [-0.39, 0.29) is 0 Å². The van der Waals surface area contributed by atoms with Crippen LogP contribution >= 0.6 is 15.9 Å². The van der Waals surface area contributed by atoms with E-state index in [1.165, 1.54) is 12.7 Å². The zero-order valence-corrected chi connectivity index (χ0v) is 18.3. The molecule has 0 aliphatic carbocycles. The molecule has 0 radical (unpaired) electrons. The molecule has 4 rings (SSSR count). The number of allylic oxidation sites excluding steroid dienone is 1. The summed E-state index contributed by atoms with van der Waals surface area (Å²) in [5.41, 5.74) is 4.01. The number of nitrogens with one attached hydrogen (secondary N) is 1. The highest BCUT2D eigenvalue weighted by Gasteiger charge is 2.36. The van der Waals surface area contributed by atoms with Crippen molar-refractivity contribution < 1.29 is 14.3 Å². The maximum atomic E-state index is 12.6. The van der Waals surface area contributed by atoms with E-state index in [1.54, 1.807) is 11.6 Å². The van der Waals surface area contributed by atoms with Crippen LogP contribution in [-0.2, 0) is 16.1 Å². The molecule has 0 saturated carbocycles. The quantitative estimate of drug-likeness (QED) is 0.568. The Hall–Kier alpha value is -3.20. The number of hydrogen-bond acceptors (Lipinski definition) is 7. The lowest BCUT2D eigenvalue weighted by atomic mass is 9.95. The number of rotatable bonds is 5. The Kier molecular flexibility index (Phi) is 5.54. The molecule has 1 atom stereocenters. The van der Waals surface area contributed by atoms with Crippen molar-refractivity contribution in [2.75, 3.05) is 12.4 Å². The largest absolute Gasteiger partial charge is 0.489 e. The number of halogens is 1. The van der Waals surface area contributed by atoms with Gasteiger partial charge in [0, 0.05) is 15.7 Å². The van der Waals surface area contributed by atoms with Gasteiger partial charge in [-0.2, -0.15) is 4.68 Å². The van der Waals surface area contributed by atoms with Gasteiger partial charge in [-0.15, -0.1) is 0 Å². The van der Waals surface area contributed by atoms with Gasteiger partial charge >= 0.3 is 5.97 Å². The van der Waals surface area contributed by atoms with Crippen LogP contribution in [0.1, 0.15) is 29.7 Å². The zero-order valence-electron chi connectivity index (χ0n) is 16.7. The van der Waals surface area contributed by atoms with E-state index in [4.69, 9.17) is 9.47 Å². The first-order valence-corrected chi connectivity index (χ1v) is 10.1. The molecular weight excluding hydrogens is 450 g/mol. The van der Waals surface area contributed by atoms with E-state index in [1.807, 2.05) is 49.4 Å². The van der Waals surface area contributed by atoms with Crippen LogP contribution in [0.2, 0.25) is 0 Å². The first-order chi connectivity index (χ1) is 14.5. The Labute approximate surface area is 182 Å². The number of methoxy groups -OCH3 is 1. The minimum atomic E-state index is -0.603. The normalized spacial score (nSPS) is 15.4. The predicted molar refractivity (Wildman–Crippen MR) is 114 cm³/mol. The van der Waals surface area contributed by atoms with Gasteiger partial charge < -0.3 is 14.8 Å². The van der Waals surface area contributed by atoms with Crippen LogP contribution in [0.5, 0.6) is 5.75 Å². The first kappa shape index (κ1) is 20.1. The summed E-state index contributed by atoms with van der Waals surface area (Å²) in [7, 11) is 1.35. The fourth-order valence-corrected chi connectivity index (χ4v) is 3.76. The molecule has 1 aromatic heterocycles. The fourth-order valence-electron chi connectivity index (χ4n) is 3.38. The van der Waals surface area contributed by atoms with Crippen LogP contribution in [0.15, 0.2) is 58.2 Å². The molecular formula is C21H20BrN5O3. The molecule has 1 aliphatic rings. The number of tetrazole rings is 1. The number of fused-ring (bicyclic) bond motifs is 1. The third-order valence-electron chi connectivity index (χ3n) is 4.90. The van der Waals surface area contributed by atoms with E-state index >= 15 is 0 Å². The third-order valence-corrected chi connectivity index (χ3v) is 5.39. The molecule has 1 aliphatic heterocycles. The van der Waals surface area contributed by atoms with Gasteiger partial charge in [-0.3, -0.25) is 0 Å². The number of ether oxygens (including phenoxy) is 2. The molecule has 3 aromatic rings. The average Bonchev–Trinajstić information content (AvgIpc) is 3.20. The molecule has 0 fully saturated rings. The van der Waals surface area contributed by atoms with Crippen LogP contribution < -0.4 is 10.1 Å². The van der Waals surface area contributed by atoms with Crippen LogP contribution in [0, 0.1) is 6.92 Å². The van der Waals surface area contributed by atoms with E-state index in [9.17, 15) is 4.79 Å². The SMILES string of the molecule is COC(=O)C1=C(C)Nc2nnnn2C1c1cc(Br)ccc1OCc1ccc(C)cc1. The lowest BCUT2D eigenvalue weighted by Gasteiger charge is -2.28. The Morgan fingerprint density at radius 2 is 1.97 bits per heavy atom. The highest BCUT2D eigenvalue weighted by Crippen LogP contribution is 2.40. The maximum Gasteiger partial charge on any atom is 0.338 e. The summed E-state index contributed by atoms with van der Waals surface area (Å²) in [4.78, 5) is 12.6. The molecule has 30 heavy (non-hydrogen) atoms. The van der Waals surface area contributed by atoms with Gasteiger partial charge in [0.1, 0.15) is 18.4 Å². The topological polar surface area (TPSA) is 91.2 Å². The Morgan fingerprint density at radius 3 is 2.70 bits per heavy atom. The smallest absolute Gasteiger partial charge is 0.338 e. The predicted octanol–water partition coefficient (Wildman–Crippen LogP) is 3.78. The van der Waals surface area contributed by atoms with Crippen LogP contribution in [-0.4, -0.2) is 33.3 Å². The van der Waals surface area contributed by atoms with E-state index in [2.05, 4.69) is 36.8 Å². The van der Waals surface area contributed by atoms with Crippen molar-refractivity contribution in [2.24, 2.45) is 0 Å². The Balaban J connectivity index is 1.77. The monoisotopic (exact) mass is 469 g/mol. The summed E-state index contributed by atoms with van der Waals surface area (Å²) in [6.45, 7) is 4.22. The molecule has 9 heteroatoms. The minimum Gasteiger partial charge on any atom is -0.489 e. The van der Waals surface area contributed by atoms with Crippen molar-refractivity contribution in [1.82, 2.24) is 20.2 Å². The zero-order chi connectivity index (χ0) is 21.3. The van der Waals surface area contributed by atoms with Gasteiger partial charge in [0.25, 0.3) is 0 Å². The lowest BCUT2D eigenvalue weighted by Crippen LogP contribution is -2.29. The number of aryl methyl sites for hydroxylation is 1. The van der Waals surface area contributed by atoms with Crippen LogP contribution in [0.25, 0.3) is 0 Å². The van der Waals surface area contributed by atoms with Gasteiger partial charge in [0.15, 0.2) is 0 Å². The van der Waals surface area contributed by atoms with Gasteiger partial charge in [-0.25, -0.2) is 4.79 Å². The molecule has 0 saturated heterocycles. The number of aromatic nitrogens is 4. The fraction of sp³-hybridized carbons (Fsp3) is 0.238. The summed E-state index contributed by atoms with van der Waals surface area (Å²) in [5, 5.41) is 14.9. The number of esters is 1. The molecule has 1 unspecified atom stereocenters. The summed E-state index contributed by atoms with van der Waals surface area (Å²) in [6, 6.07) is 13.2. The van der Waals surface area contributed by atoms with Gasteiger partial charge in [0.2, 0.25) is 5.95 Å².